The summed E-state index contributed by atoms with van der Waals surface area (Å²) < 4.78 is 0. The third kappa shape index (κ3) is 3.47. The minimum absolute atomic E-state index is 0.133. The smallest absolute Gasteiger partial charge is 0.138 e. The summed E-state index contributed by atoms with van der Waals surface area (Å²) in [5.74, 6) is 1.94. The molecule has 0 aliphatic carbocycles. The van der Waals surface area contributed by atoms with Gasteiger partial charge in [-0.05, 0) is 29.9 Å². The zero-order chi connectivity index (χ0) is 10.4. The van der Waals surface area contributed by atoms with Gasteiger partial charge < -0.3 is 15.9 Å². The number of anilines is 1. The summed E-state index contributed by atoms with van der Waals surface area (Å²) in [6.45, 7) is 0.241. The van der Waals surface area contributed by atoms with Crippen molar-refractivity contribution >= 4 is 17.4 Å². The van der Waals surface area contributed by atoms with E-state index < -0.39 is 0 Å². The normalized spacial score (nSPS) is 10.4. The molecule has 1 aromatic rings. The number of nitrogen functional groups attached to an aromatic ring is 1. The van der Waals surface area contributed by atoms with Crippen LogP contribution in [0.25, 0.3) is 0 Å². The quantitative estimate of drug-likeness (QED) is 0.395. The predicted molar refractivity (Wildman–Crippen MR) is 60.4 cm³/mol. The highest BCUT2D eigenvalue weighted by Crippen LogP contribution is 2.23. The first-order chi connectivity index (χ1) is 6.74. The molecule has 0 radical (unpaired) electrons. The first kappa shape index (κ1) is 11.2. The van der Waals surface area contributed by atoms with E-state index in [1.165, 1.54) is 0 Å². The van der Waals surface area contributed by atoms with E-state index in [4.69, 9.17) is 10.8 Å². The van der Waals surface area contributed by atoms with Crippen molar-refractivity contribution in [2.75, 3.05) is 18.1 Å². The molecule has 0 spiro atoms. The third-order valence-corrected chi connectivity index (χ3v) is 2.92. The Bertz CT molecular complexity index is 291. The molecule has 0 heterocycles. The number of phenols is 1. The Morgan fingerprint density at radius 1 is 1.36 bits per heavy atom. The van der Waals surface area contributed by atoms with Crippen molar-refractivity contribution in [1.29, 1.82) is 0 Å². The second kappa shape index (κ2) is 5.78. The van der Waals surface area contributed by atoms with E-state index in [9.17, 15) is 5.11 Å². The topological polar surface area (TPSA) is 66.5 Å². The number of nitrogens with two attached hydrogens (primary N) is 1. The summed E-state index contributed by atoms with van der Waals surface area (Å²) >= 11 is 1.75. The highest BCUT2D eigenvalue weighted by atomic mass is 32.2. The minimum atomic E-state index is 0.133. The highest BCUT2D eigenvalue weighted by Gasteiger charge is 1.98. The van der Waals surface area contributed by atoms with E-state index in [1.54, 1.807) is 23.9 Å². The number of hydrogen-bond acceptors (Lipinski definition) is 4. The molecule has 1 aromatic carbocycles. The molecule has 0 unspecified atom stereocenters. The van der Waals surface area contributed by atoms with Crippen molar-refractivity contribution in [1.82, 2.24) is 0 Å². The number of thioether (sulfide) groups is 1. The Kier molecular flexibility index (Phi) is 4.62. The van der Waals surface area contributed by atoms with Gasteiger partial charge >= 0.3 is 0 Å². The lowest BCUT2D eigenvalue weighted by Crippen LogP contribution is -1.90. The van der Waals surface area contributed by atoms with Gasteiger partial charge in [-0.25, -0.2) is 0 Å². The monoisotopic (exact) mass is 213 g/mol. The molecule has 0 aromatic heterocycles. The molecule has 0 amide bonds. The first-order valence-electron chi connectivity index (χ1n) is 4.50. The van der Waals surface area contributed by atoms with Gasteiger partial charge in [-0.15, -0.1) is 0 Å². The van der Waals surface area contributed by atoms with Crippen LogP contribution in [0.4, 0.5) is 5.69 Å². The van der Waals surface area contributed by atoms with Crippen LogP contribution >= 0.6 is 11.8 Å². The molecule has 0 fully saturated rings. The van der Waals surface area contributed by atoms with Crippen LogP contribution in [0.2, 0.25) is 0 Å². The van der Waals surface area contributed by atoms with E-state index in [0.29, 0.717) is 5.69 Å². The molecule has 14 heavy (non-hydrogen) atoms. The van der Waals surface area contributed by atoms with Crippen molar-refractivity contribution in [3.05, 3.63) is 23.8 Å². The largest absolute Gasteiger partial charge is 0.506 e. The standard InChI is InChI=1S/C10H15NO2S/c11-9-6-8(2-3-10(9)13)7-14-5-1-4-12/h2-3,6,12-13H,1,4-5,7,11H2. The van der Waals surface area contributed by atoms with Crippen LogP contribution in [0.3, 0.4) is 0 Å². The Morgan fingerprint density at radius 3 is 2.79 bits per heavy atom. The van der Waals surface area contributed by atoms with Crippen molar-refractivity contribution in [2.24, 2.45) is 0 Å². The minimum Gasteiger partial charge on any atom is -0.506 e. The lowest BCUT2D eigenvalue weighted by molar-refractivity contribution is 0.296. The predicted octanol–water partition coefficient (Wildman–Crippen LogP) is 1.59. The fourth-order valence-electron chi connectivity index (χ4n) is 1.05. The lowest BCUT2D eigenvalue weighted by Gasteiger charge is -2.03. The van der Waals surface area contributed by atoms with Crippen molar-refractivity contribution in [3.8, 4) is 5.75 Å². The van der Waals surface area contributed by atoms with Crippen LogP contribution in [0.5, 0.6) is 5.75 Å². The van der Waals surface area contributed by atoms with Gasteiger partial charge in [-0.3, -0.25) is 0 Å². The SMILES string of the molecule is Nc1cc(CSCCCO)ccc1O. The second-order valence-corrected chi connectivity index (χ2v) is 4.13. The van der Waals surface area contributed by atoms with Gasteiger partial charge in [0.15, 0.2) is 0 Å². The Balaban J connectivity index is 2.39. The first-order valence-corrected chi connectivity index (χ1v) is 5.65. The van der Waals surface area contributed by atoms with Crippen LogP contribution in [0.1, 0.15) is 12.0 Å². The molecule has 4 heteroatoms. The van der Waals surface area contributed by atoms with E-state index in [0.717, 1.165) is 23.5 Å². The summed E-state index contributed by atoms with van der Waals surface area (Å²) in [4.78, 5) is 0. The van der Waals surface area contributed by atoms with Crippen LogP contribution in [-0.4, -0.2) is 22.6 Å². The van der Waals surface area contributed by atoms with Crippen LogP contribution in [-0.2, 0) is 5.75 Å². The van der Waals surface area contributed by atoms with Crippen molar-refractivity contribution < 1.29 is 10.2 Å². The fourth-order valence-corrected chi connectivity index (χ4v) is 1.94. The number of benzene rings is 1. The number of phenolic OH excluding ortho intramolecular Hbond substituents is 1. The Labute approximate surface area is 87.9 Å². The van der Waals surface area contributed by atoms with E-state index >= 15 is 0 Å². The van der Waals surface area contributed by atoms with E-state index in [1.807, 2.05) is 6.07 Å². The molecule has 0 atom stereocenters. The number of aliphatic hydroxyl groups excluding tert-OH is 1. The Morgan fingerprint density at radius 2 is 2.14 bits per heavy atom. The van der Waals surface area contributed by atoms with E-state index in [2.05, 4.69) is 0 Å². The molecule has 0 saturated carbocycles. The van der Waals surface area contributed by atoms with Gasteiger partial charge in [0.2, 0.25) is 0 Å². The summed E-state index contributed by atoms with van der Waals surface area (Å²) in [5.41, 5.74) is 7.07. The number of rotatable bonds is 5. The maximum absolute atomic E-state index is 9.19. The molecular weight excluding hydrogens is 198 g/mol. The summed E-state index contributed by atoms with van der Waals surface area (Å²) in [6.07, 6.45) is 0.818. The molecule has 0 bridgehead atoms. The van der Waals surface area contributed by atoms with Crippen LogP contribution in [0, 0.1) is 0 Å². The van der Waals surface area contributed by atoms with Crippen molar-refractivity contribution in [2.45, 2.75) is 12.2 Å². The lowest BCUT2D eigenvalue weighted by atomic mass is 10.2. The molecule has 78 valence electrons. The second-order valence-electron chi connectivity index (χ2n) is 3.02. The zero-order valence-corrected chi connectivity index (χ0v) is 8.76. The highest BCUT2D eigenvalue weighted by molar-refractivity contribution is 7.98. The number of aliphatic hydroxyl groups is 1. The Hall–Kier alpha value is -0.870. The summed E-state index contributed by atoms with van der Waals surface area (Å²) in [5, 5.41) is 17.8. The fraction of sp³-hybridized carbons (Fsp3) is 0.400. The van der Waals surface area contributed by atoms with Gasteiger partial charge in [0.1, 0.15) is 5.75 Å². The molecule has 0 aliphatic rings. The molecule has 1 rings (SSSR count). The van der Waals surface area contributed by atoms with Gasteiger partial charge in [-0.2, -0.15) is 11.8 Å². The van der Waals surface area contributed by atoms with Gasteiger partial charge in [-0.1, -0.05) is 6.07 Å². The number of aromatic hydroxyl groups is 1. The molecule has 4 N–H and O–H groups in total. The molecule has 0 saturated heterocycles. The molecule has 3 nitrogen and oxygen atoms in total. The maximum Gasteiger partial charge on any atom is 0.138 e. The van der Waals surface area contributed by atoms with Gasteiger partial charge in [0.05, 0.1) is 5.69 Å². The van der Waals surface area contributed by atoms with E-state index in [-0.39, 0.29) is 12.4 Å². The molecule has 0 aliphatic heterocycles. The van der Waals surface area contributed by atoms with Crippen LogP contribution < -0.4 is 5.73 Å². The zero-order valence-electron chi connectivity index (χ0n) is 7.94. The summed E-state index contributed by atoms with van der Waals surface area (Å²) in [6, 6.07) is 5.25. The average Bonchev–Trinajstić information content (AvgIpc) is 2.18. The van der Waals surface area contributed by atoms with Gasteiger partial charge in [0, 0.05) is 12.4 Å². The van der Waals surface area contributed by atoms with Crippen LogP contribution in [0.15, 0.2) is 18.2 Å². The number of hydrogen-bond donors (Lipinski definition) is 3. The molecular formula is C10H15NO2S. The average molecular weight is 213 g/mol. The van der Waals surface area contributed by atoms with Gasteiger partial charge in [0.25, 0.3) is 0 Å². The summed E-state index contributed by atoms with van der Waals surface area (Å²) in [7, 11) is 0. The maximum atomic E-state index is 9.19. The van der Waals surface area contributed by atoms with Crippen molar-refractivity contribution in [3.63, 3.8) is 0 Å². The third-order valence-electron chi connectivity index (χ3n) is 1.81.